The average Bonchev–Trinajstić information content (AvgIpc) is 2.71. The van der Waals surface area contributed by atoms with Crippen LogP contribution in [0.4, 0.5) is 0 Å². The molecule has 0 bridgehead atoms. The summed E-state index contributed by atoms with van der Waals surface area (Å²) in [6.07, 6.45) is -1.59. The molecule has 1 fully saturated rings. The summed E-state index contributed by atoms with van der Waals surface area (Å²) in [5.41, 5.74) is 0. The van der Waals surface area contributed by atoms with Crippen molar-refractivity contribution in [2.24, 2.45) is 0 Å². The first kappa shape index (κ1) is 12.2. The molecule has 6 heteroatoms. The maximum atomic E-state index is 9.37. The summed E-state index contributed by atoms with van der Waals surface area (Å²) in [6.45, 7) is 7.03. The fourth-order valence-electron chi connectivity index (χ4n) is 2.43. The standard InChI is InChI=1S/C12H18O6/c1-11(2)15-7-6(5-13)14-10-9(8(7)16-11)17-12(3,4)18-10/h6,9-10,13H,5H2,1-4H3/t6?,9?,10-/m1/s1. The van der Waals surface area contributed by atoms with Crippen molar-refractivity contribution >= 4 is 0 Å². The molecule has 0 spiro atoms. The fraction of sp³-hybridized carbons (Fsp3) is 0.833. The van der Waals surface area contributed by atoms with Crippen molar-refractivity contribution in [2.45, 2.75) is 57.8 Å². The highest BCUT2D eigenvalue weighted by Crippen LogP contribution is 2.45. The van der Waals surface area contributed by atoms with E-state index in [9.17, 15) is 5.11 Å². The first-order valence-corrected chi connectivity index (χ1v) is 6.05. The van der Waals surface area contributed by atoms with Crippen LogP contribution in [0, 0.1) is 0 Å². The molecule has 0 saturated carbocycles. The van der Waals surface area contributed by atoms with Crippen LogP contribution in [-0.4, -0.2) is 41.8 Å². The van der Waals surface area contributed by atoms with Crippen molar-refractivity contribution in [2.75, 3.05) is 6.61 Å². The van der Waals surface area contributed by atoms with Crippen molar-refractivity contribution in [1.82, 2.24) is 0 Å². The summed E-state index contributed by atoms with van der Waals surface area (Å²) in [4.78, 5) is 0. The molecule has 0 radical (unpaired) electrons. The van der Waals surface area contributed by atoms with Crippen molar-refractivity contribution in [3.63, 3.8) is 0 Å². The first-order chi connectivity index (χ1) is 8.31. The molecule has 1 N–H and O–H groups in total. The van der Waals surface area contributed by atoms with Crippen LogP contribution in [0.2, 0.25) is 0 Å². The minimum atomic E-state index is -0.771. The minimum absolute atomic E-state index is 0.189. The zero-order valence-electron chi connectivity index (χ0n) is 10.9. The number of hydrogen-bond donors (Lipinski definition) is 1. The fourth-order valence-corrected chi connectivity index (χ4v) is 2.43. The van der Waals surface area contributed by atoms with E-state index in [1.807, 2.05) is 13.8 Å². The second-order valence-corrected chi connectivity index (χ2v) is 5.56. The molecule has 3 heterocycles. The van der Waals surface area contributed by atoms with Crippen molar-refractivity contribution in [3.8, 4) is 0 Å². The van der Waals surface area contributed by atoms with Crippen LogP contribution in [0.1, 0.15) is 27.7 Å². The Morgan fingerprint density at radius 2 is 1.67 bits per heavy atom. The molecule has 0 aromatic carbocycles. The van der Waals surface area contributed by atoms with Gasteiger partial charge in [-0.1, -0.05) is 0 Å². The van der Waals surface area contributed by atoms with Gasteiger partial charge in [-0.3, -0.25) is 0 Å². The molecule has 3 aliphatic heterocycles. The summed E-state index contributed by atoms with van der Waals surface area (Å²) in [6, 6.07) is 0. The lowest BCUT2D eigenvalue weighted by atomic mass is 10.1. The molecular formula is C12H18O6. The number of ether oxygens (including phenoxy) is 5. The van der Waals surface area contributed by atoms with E-state index in [1.165, 1.54) is 0 Å². The van der Waals surface area contributed by atoms with E-state index in [1.54, 1.807) is 13.8 Å². The largest absolute Gasteiger partial charge is 0.451 e. The molecule has 2 unspecified atom stereocenters. The highest BCUT2D eigenvalue weighted by atomic mass is 16.8. The SMILES string of the molecule is CC1(C)OC2=C(O1)C1OC(C)(C)O[C@H]1OC2CO. The number of fused-ring (bicyclic) bond motifs is 2. The average molecular weight is 258 g/mol. The van der Waals surface area contributed by atoms with Gasteiger partial charge in [-0.25, -0.2) is 0 Å². The smallest absolute Gasteiger partial charge is 0.245 e. The van der Waals surface area contributed by atoms with E-state index in [0.717, 1.165) is 0 Å². The van der Waals surface area contributed by atoms with Gasteiger partial charge in [0.05, 0.1) is 6.61 Å². The molecule has 1 saturated heterocycles. The minimum Gasteiger partial charge on any atom is -0.451 e. The van der Waals surface area contributed by atoms with Gasteiger partial charge in [-0.15, -0.1) is 0 Å². The Morgan fingerprint density at radius 3 is 2.33 bits per heavy atom. The summed E-state index contributed by atoms with van der Waals surface area (Å²) in [5, 5.41) is 9.37. The molecule has 3 aliphatic rings. The van der Waals surface area contributed by atoms with E-state index in [-0.39, 0.29) is 6.61 Å². The summed E-state index contributed by atoms with van der Waals surface area (Å²) >= 11 is 0. The van der Waals surface area contributed by atoms with E-state index in [2.05, 4.69) is 0 Å². The van der Waals surface area contributed by atoms with Crippen molar-refractivity contribution in [3.05, 3.63) is 11.5 Å². The lowest BCUT2D eigenvalue weighted by Crippen LogP contribution is -2.40. The Bertz CT molecular complexity index is 399. The van der Waals surface area contributed by atoms with E-state index < -0.39 is 30.1 Å². The third-order valence-electron chi connectivity index (χ3n) is 3.03. The monoisotopic (exact) mass is 258 g/mol. The van der Waals surface area contributed by atoms with Crippen molar-refractivity contribution < 1.29 is 28.8 Å². The number of aliphatic hydroxyl groups is 1. The van der Waals surface area contributed by atoms with Gasteiger partial charge < -0.3 is 28.8 Å². The molecular weight excluding hydrogens is 240 g/mol. The molecule has 0 aromatic rings. The Labute approximate surface area is 105 Å². The molecule has 6 nitrogen and oxygen atoms in total. The molecule has 0 aromatic heterocycles. The highest BCUT2D eigenvalue weighted by molar-refractivity contribution is 5.21. The van der Waals surface area contributed by atoms with Gasteiger partial charge in [0, 0.05) is 13.8 Å². The van der Waals surface area contributed by atoms with Crippen LogP contribution >= 0.6 is 0 Å². The lowest BCUT2D eigenvalue weighted by Gasteiger charge is -2.27. The quantitative estimate of drug-likeness (QED) is 0.752. The van der Waals surface area contributed by atoms with Crippen LogP contribution in [0.3, 0.4) is 0 Å². The highest BCUT2D eigenvalue weighted by Gasteiger charge is 2.55. The molecule has 102 valence electrons. The zero-order valence-corrected chi connectivity index (χ0v) is 10.9. The van der Waals surface area contributed by atoms with Gasteiger partial charge in [-0.05, 0) is 13.8 Å². The molecule has 3 rings (SSSR count). The predicted molar refractivity (Wildman–Crippen MR) is 59.1 cm³/mol. The number of aliphatic hydroxyl groups excluding tert-OH is 1. The summed E-state index contributed by atoms with van der Waals surface area (Å²) in [7, 11) is 0. The van der Waals surface area contributed by atoms with E-state index in [0.29, 0.717) is 11.5 Å². The Balaban J connectivity index is 1.94. The summed E-state index contributed by atoms with van der Waals surface area (Å²) < 4.78 is 28.5. The molecule has 3 atom stereocenters. The van der Waals surface area contributed by atoms with Gasteiger partial charge in [0.2, 0.25) is 5.79 Å². The number of rotatable bonds is 1. The van der Waals surface area contributed by atoms with Crippen LogP contribution in [-0.2, 0) is 23.7 Å². The third kappa shape index (κ3) is 1.80. The van der Waals surface area contributed by atoms with Gasteiger partial charge in [0.1, 0.15) is 6.10 Å². The van der Waals surface area contributed by atoms with Gasteiger partial charge in [-0.2, -0.15) is 0 Å². The third-order valence-corrected chi connectivity index (χ3v) is 3.03. The van der Waals surface area contributed by atoms with Gasteiger partial charge in [0.15, 0.2) is 29.7 Å². The van der Waals surface area contributed by atoms with Gasteiger partial charge >= 0.3 is 0 Å². The van der Waals surface area contributed by atoms with E-state index >= 15 is 0 Å². The van der Waals surface area contributed by atoms with E-state index in [4.69, 9.17) is 23.7 Å². The van der Waals surface area contributed by atoms with Crippen LogP contribution in [0.15, 0.2) is 11.5 Å². The van der Waals surface area contributed by atoms with Crippen molar-refractivity contribution in [1.29, 1.82) is 0 Å². The first-order valence-electron chi connectivity index (χ1n) is 6.05. The maximum Gasteiger partial charge on any atom is 0.245 e. The lowest BCUT2D eigenvalue weighted by molar-refractivity contribution is -0.211. The maximum absolute atomic E-state index is 9.37. The van der Waals surface area contributed by atoms with Crippen LogP contribution in [0.5, 0.6) is 0 Å². The number of hydrogen-bond acceptors (Lipinski definition) is 6. The second-order valence-electron chi connectivity index (χ2n) is 5.56. The Hall–Kier alpha value is -0.820. The topological polar surface area (TPSA) is 66.4 Å². The Morgan fingerprint density at radius 1 is 1.00 bits per heavy atom. The molecule has 0 aliphatic carbocycles. The normalized spacial score (nSPS) is 39.9. The zero-order chi connectivity index (χ0) is 13.1. The molecule has 18 heavy (non-hydrogen) atoms. The second kappa shape index (κ2) is 3.60. The molecule has 0 amide bonds. The Kier molecular flexibility index (Phi) is 2.45. The van der Waals surface area contributed by atoms with Crippen LogP contribution in [0.25, 0.3) is 0 Å². The van der Waals surface area contributed by atoms with Crippen LogP contribution < -0.4 is 0 Å². The van der Waals surface area contributed by atoms with Gasteiger partial charge in [0.25, 0.3) is 0 Å². The predicted octanol–water partition coefficient (Wildman–Crippen LogP) is 0.850. The summed E-state index contributed by atoms with van der Waals surface area (Å²) in [5.74, 6) is -0.439.